The Kier molecular flexibility index (Phi) is 6.96. The van der Waals surface area contributed by atoms with Gasteiger partial charge in [-0.15, -0.1) is 0 Å². The molecule has 0 bridgehead atoms. The van der Waals surface area contributed by atoms with Crippen LogP contribution in [0.2, 0.25) is 0 Å². The Morgan fingerprint density at radius 3 is 2.44 bits per heavy atom. The summed E-state index contributed by atoms with van der Waals surface area (Å²) in [5.41, 5.74) is 1.85. The zero-order chi connectivity index (χ0) is 19.1. The number of halogens is 1. The van der Waals surface area contributed by atoms with Crippen molar-refractivity contribution in [3.63, 3.8) is 0 Å². The summed E-state index contributed by atoms with van der Waals surface area (Å²) in [6.07, 6.45) is 0.982. The summed E-state index contributed by atoms with van der Waals surface area (Å²) >= 11 is 0. The molecule has 144 valence electrons. The summed E-state index contributed by atoms with van der Waals surface area (Å²) in [5, 5.41) is 3.08. The molecule has 1 N–H and O–H groups in total. The van der Waals surface area contributed by atoms with Crippen LogP contribution in [-0.2, 0) is 11.3 Å². The Labute approximate surface area is 161 Å². The molecule has 1 fully saturated rings. The average Bonchev–Trinajstić information content (AvgIpc) is 2.89. The Morgan fingerprint density at radius 1 is 1.00 bits per heavy atom. The van der Waals surface area contributed by atoms with Gasteiger partial charge in [0.15, 0.2) is 0 Å². The van der Waals surface area contributed by atoms with Crippen molar-refractivity contribution in [3.05, 3.63) is 71.5 Å². The van der Waals surface area contributed by atoms with Crippen LogP contribution in [0, 0.1) is 5.82 Å². The van der Waals surface area contributed by atoms with E-state index in [2.05, 4.69) is 15.1 Å². The molecule has 4 nitrogen and oxygen atoms in total. The topological polar surface area (TPSA) is 35.6 Å². The van der Waals surface area contributed by atoms with Crippen LogP contribution in [0.1, 0.15) is 30.5 Å². The maximum atomic E-state index is 13.9. The number of carbonyl (C=O) groups is 1. The van der Waals surface area contributed by atoms with Gasteiger partial charge in [-0.1, -0.05) is 48.5 Å². The van der Waals surface area contributed by atoms with Crippen molar-refractivity contribution in [1.82, 2.24) is 15.1 Å². The average molecular weight is 369 g/mol. The van der Waals surface area contributed by atoms with Crippen LogP contribution >= 0.6 is 0 Å². The Morgan fingerprint density at radius 2 is 1.67 bits per heavy atom. The van der Waals surface area contributed by atoms with Gasteiger partial charge >= 0.3 is 0 Å². The highest BCUT2D eigenvalue weighted by molar-refractivity contribution is 5.78. The number of rotatable bonds is 6. The molecule has 5 heteroatoms. The second-order valence-electron chi connectivity index (χ2n) is 7.20. The fourth-order valence-corrected chi connectivity index (χ4v) is 3.52. The van der Waals surface area contributed by atoms with Gasteiger partial charge in [-0.05, 0) is 38.1 Å². The fourth-order valence-electron chi connectivity index (χ4n) is 3.52. The highest BCUT2D eigenvalue weighted by Gasteiger charge is 2.19. The summed E-state index contributed by atoms with van der Waals surface area (Å²) in [4.78, 5) is 16.9. The lowest BCUT2D eigenvalue weighted by atomic mass is 10.1. The van der Waals surface area contributed by atoms with E-state index >= 15 is 0 Å². The molecule has 1 atom stereocenters. The van der Waals surface area contributed by atoms with Crippen molar-refractivity contribution in [2.24, 2.45) is 0 Å². The van der Waals surface area contributed by atoms with Gasteiger partial charge in [0.05, 0.1) is 12.6 Å². The molecule has 0 aromatic heterocycles. The Hall–Kier alpha value is -2.24. The molecule has 1 saturated heterocycles. The molecular weight excluding hydrogens is 341 g/mol. The molecule has 0 radical (unpaired) electrons. The summed E-state index contributed by atoms with van der Waals surface area (Å²) in [5.74, 6) is -0.0956. The molecule has 0 aliphatic carbocycles. The predicted molar refractivity (Wildman–Crippen MR) is 106 cm³/mol. The Balaban J connectivity index is 1.46. The summed E-state index contributed by atoms with van der Waals surface area (Å²) in [6, 6.07) is 16.9. The van der Waals surface area contributed by atoms with Crippen molar-refractivity contribution >= 4 is 5.91 Å². The minimum atomic E-state index is -0.145. The van der Waals surface area contributed by atoms with Crippen molar-refractivity contribution in [3.8, 4) is 0 Å². The van der Waals surface area contributed by atoms with Gasteiger partial charge in [-0.3, -0.25) is 14.6 Å². The first-order valence-electron chi connectivity index (χ1n) is 9.64. The highest BCUT2D eigenvalue weighted by Crippen LogP contribution is 2.13. The number of hydrogen-bond acceptors (Lipinski definition) is 3. The molecule has 0 saturated carbocycles. The van der Waals surface area contributed by atoms with Crippen LogP contribution < -0.4 is 5.32 Å². The van der Waals surface area contributed by atoms with Crippen LogP contribution in [0.25, 0.3) is 0 Å². The zero-order valence-corrected chi connectivity index (χ0v) is 15.9. The zero-order valence-electron chi connectivity index (χ0n) is 15.9. The predicted octanol–water partition coefficient (Wildman–Crippen LogP) is 3.21. The van der Waals surface area contributed by atoms with Gasteiger partial charge in [-0.2, -0.15) is 0 Å². The summed E-state index contributed by atoms with van der Waals surface area (Å²) in [7, 11) is 0. The van der Waals surface area contributed by atoms with E-state index < -0.39 is 0 Å². The van der Waals surface area contributed by atoms with Gasteiger partial charge in [-0.25, -0.2) is 4.39 Å². The van der Waals surface area contributed by atoms with E-state index in [9.17, 15) is 9.18 Å². The van der Waals surface area contributed by atoms with Gasteiger partial charge in [0.2, 0.25) is 5.91 Å². The lowest BCUT2D eigenvalue weighted by Gasteiger charge is -2.22. The van der Waals surface area contributed by atoms with Crippen molar-refractivity contribution in [2.45, 2.75) is 25.9 Å². The van der Waals surface area contributed by atoms with Gasteiger partial charge in [0.25, 0.3) is 0 Å². The lowest BCUT2D eigenvalue weighted by molar-refractivity contribution is -0.122. The number of hydrogen-bond donors (Lipinski definition) is 1. The summed E-state index contributed by atoms with van der Waals surface area (Å²) in [6.45, 7) is 6.51. The molecular formula is C22H28FN3O. The molecule has 3 rings (SSSR count). The van der Waals surface area contributed by atoms with Gasteiger partial charge in [0, 0.05) is 25.2 Å². The largest absolute Gasteiger partial charge is 0.348 e. The highest BCUT2D eigenvalue weighted by atomic mass is 19.1. The molecule has 1 heterocycles. The maximum Gasteiger partial charge on any atom is 0.234 e. The number of nitrogens with one attached hydrogen (secondary N) is 1. The number of amides is 1. The third-order valence-electron chi connectivity index (χ3n) is 5.08. The van der Waals surface area contributed by atoms with E-state index in [0.717, 1.165) is 43.7 Å². The van der Waals surface area contributed by atoms with E-state index in [4.69, 9.17) is 0 Å². The second kappa shape index (κ2) is 9.62. The van der Waals surface area contributed by atoms with Crippen LogP contribution in [0.15, 0.2) is 54.6 Å². The number of nitrogens with zero attached hydrogens (tertiary/aromatic N) is 2. The molecule has 1 unspecified atom stereocenters. The van der Waals surface area contributed by atoms with E-state index in [-0.39, 0.29) is 17.8 Å². The lowest BCUT2D eigenvalue weighted by Crippen LogP contribution is -2.40. The second-order valence-corrected chi connectivity index (χ2v) is 7.20. The third kappa shape index (κ3) is 5.88. The van der Waals surface area contributed by atoms with E-state index in [0.29, 0.717) is 13.1 Å². The van der Waals surface area contributed by atoms with Crippen molar-refractivity contribution in [2.75, 3.05) is 32.7 Å². The maximum absolute atomic E-state index is 13.9. The first kappa shape index (κ1) is 19.5. The minimum absolute atomic E-state index is 0.00299. The summed E-state index contributed by atoms with van der Waals surface area (Å²) < 4.78 is 13.9. The number of benzene rings is 2. The van der Waals surface area contributed by atoms with Crippen molar-refractivity contribution in [1.29, 1.82) is 0 Å². The van der Waals surface area contributed by atoms with Gasteiger partial charge in [0.1, 0.15) is 5.82 Å². The molecule has 1 amide bonds. The van der Waals surface area contributed by atoms with Crippen LogP contribution in [0.3, 0.4) is 0 Å². The SMILES string of the molecule is CC(NC(=O)CN1CCCN(Cc2ccccc2F)CC1)c1ccccc1. The third-order valence-corrected chi connectivity index (χ3v) is 5.08. The van der Waals surface area contributed by atoms with Crippen LogP contribution in [-0.4, -0.2) is 48.4 Å². The smallest absolute Gasteiger partial charge is 0.234 e. The normalized spacial score (nSPS) is 17.3. The monoisotopic (exact) mass is 369 g/mol. The molecule has 27 heavy (non-hydrogen) atoms. The van der Waals surface area contributed by atoms with E-state index in [1.807, 2.05) is 49.4 Å². The first-order valence-corrected chi connectivity index (χ1v) is 9.64. The number of carbonyl (C=O) groups excluding carboxylic acids is 1. The van der Waals surface area contributed by atoms with E-state index in [1.54, 1.807) is 6.07 Å². The molecule has 2 aromatic rings. The molecule has 0 spiro atoms. The van der Waals surface area contributed by atoms with Crippen LogP contribution in [0.4, 0.5) is 4.39 Å². The van der Waals surface area contributed by atoms with Gasteiger partial charge < -0.3 is 5.32 Å². The molecule has 1 aliphatic heterocycles. The standard InChI is InChI=1S/C22H28FN3O/c1-18(19-8-3-2-4-9-19)24-22(27)17-26-13-7-12-25(14-15-26)16-20-10-5-6-11-21(20)23/h2-6,8-11,18H,7,12-17H2,1H3,(H,24,27). The Bertz CT molecular complexity index is 737. The minimum Gasteiger partial charge on any atom is -0.348 e. The first-order chi connectivity index (χ1) is 13.1. The molecule has 1 aliphatic rings. The molecule has 2 aromatic carbocycles. The fraction of sp³-hybridized carbons (Fsp3) is 0.409. The van der Waals surface area contributed by atoms with E-state index in [1.165, 1.54) is 6.07 Å². The van der Waals surface area contributed by atoms with Crippen LogP contribution in [0.5, 0.6) is 0 Å². The quantitative estimate of drug-likeness (QED) is 0.849. The van der Waals surface area contributed by atoms with Crippen molar-refractivity contribution < 1.29 is 9.18 Å².